The zero-order valence-corrected chi connectivity index (χ0v) is 7.09. The predicted octanol–water partition coefficient (Wildman–Crippen LogP) is 2.40. The van der Waals surface area contributed by atoms with Gasteiger partial charge in [-0.3, -0.25) is 0 Å². The van der Waals surface area contributed by atoms with Gasteiger partial charge in [-0.2, -0.15) is 0 Å². The number of allylic oxidation sites excluding steroid dienone is 2. The van der Waals surface area contributed by atoms with Crippen LogP contribution in [0.15, 0.2) is 59.8 Å². The molecule has 0 bridgehead atoms. The summed E-state index contributed by atoms with van der Waals surface area (Å²) in [6.07, 6.45) is 7.42. The molecule has 0 aromatic heterocycles. The van der Waals surface area contributed by atoms with Gasteiger partial charge in [0.2, 0.25) is 0 Å². The number of hydrogen-bond acceptors (Lipinski definition) is 1. The summed E-state index contributed by atoms with van der Waals surface area (Å²) in [5.41, 5.74) is 0.932. The largest absolute Gasteiger partial charge is 0.237 e. The van der Waals surface area contributed by atoms with Crippen LogP contribution in [-0.2, 0) is 0 Å². The summed E-state index contributed by atoms with van der Waals surface area (Å²) in [6, 6.07) is 9.80. The molecule has 0 atom stereocenters. The van der Waals surface area contributed by atoms with Crippen molar-refractivity contribution < 1.29 is 0 Å². The van der Waals surface area contributed by atoms with Crippen molar-refractivity contribution in [3.8, 4) is 0 Å². The summed E-state index contributed by atoms with van der Waals surface area (Å²) in [5, 5.41) is 4.11. The lowest BCUT2D eigenvalue weighted by molar-refractivity contribution is 1.23. The highest BCUT2D eigenvalue weighted by Crippen LogP contribution is 2.10. The third-order valence-electron chi connectivity index (χ3n) is 1.65. The lowest BCUT2D eigenvalue weighted by Crippen LogP contribution is -2.07. The van der Waals surface area contributed by atoms with E-state index in [2.05, 4.69) is 10.3 Å². The van der Waals surface area contributed by atoms with Gasteiger partial charge in [0.1, 0.15) is 0 Å². The second-order valence-electron chi connectivity index (χ2n) is 2.64. The zero-order valence-electron chi connectivity index (χ0n) is 7.09. The van der Waals surface area contributed by atoms with E-state index in [1.54, 1.807) is 6.20 Å². The zero-order chi connectivity index (χ0) is 8.93. The maximum Gasteiger partial charge on any atom is 0.152 e. The molecule has 2 nitrogen and oxygen atoms in total. The van der Waals surface area contributed by atoms with Crippen molar-refractivity contribution in [1.29, 1.82) is 0 Å². The molecule has 1 aromatic carbocycles. The van der Waals surface area contributed by atoms with Gasteiger partial charge in [-0.05, 0) is 24.3 Å². The van der Waals surface area contributed by atoms with Gasteiger partial charge >= 0.3 is 0 Å². The molecule has 0 aliphatic carbocycles. The van der Waals surface area contributed by atoms with Crippen LogP contribution < -0.4 is 5.32 Å². The maximum absolute atomic E-state index is 4.33. The minimum Gasteiger partial charge on any atom is -0.237 e. The molecule has 1 radical (unpaired) electrons. The molecule has 0 fully saturated rings. The fourth-order valence-corrected chi connectivity index (χ4v) is 1.05. The topological polar surface area (TPSA) is 26.5 Å². The molecule has 1 aliphatic rings. The Labute approximate surface area is 77.3 Å². The fraction of sp³-hybridized carbons (Fsp3) is 0. The Bertz CT molecular complexity index is 361. The van der Waals surface area contributed by atoms with E-state index in [9.17, 15) is 0 Å². The summed E-state index contributed by atoms with van der Waals surface area (Å²) in [7, 11) is 0. The molecule has 0 saturated heterocycles. The molecular weight excluding hydrogens is 160 g/mol. The van der Waals surface area contributed by atoms with Crippen molar-refractivity contribution >= 4 is 11.5 Å². The van der Waals surface area contributed by atoms with Crippen molar-refractivity contribution in [2.45, 2.75) is 0 Å². The van der Waals surface area contributed by atoms with Crippen LogP contribution in [0.5, 0.6) is 0 Å². The Kier molecular flexibility index (Phi) is 2.23. The fourth-order valence-electron chi connectivity index (χ4n) is 1.05. The third-order valence-corrected chi connectivity index (χ3v) is 1.65. The van der Waals surface area contributed by atoms with E-state index in [0.29, 0.717) is 0 Å². The predicted molar refractivity (Wildman–Crippen MR) is 54.0 cm³/mol. The molecule has 2 heteroatoms. The molecular formula is C11H9N2. The van der Waals surface area contributed by atoms with Crippen LogP contribution in [-0.4, -0.2) is 5.84 Å². The first-order valence-electron chi connectivity index (χ1n) is 4.13. The lowest BCUT2D eigenvalue weighted by atomic mass is 10.3. The molecule has 0 spiro atoms. The van der Waals surface area contributed by atoms with Crippen LogP contribution in [0.1, 0.15) is 0 Å². The Morgan fingerprint density at radius 2 is 1.85 bits per heavy atom. The monoisotopic (exact) mass is 169 g/mol. The Morgan fingerprint density at radius 3 is 2.54 bits per heavy atom. The first kappa shape index (κ1) is 7.80. The molecule has 0 amide bonds. The van der Waals surface area contributed by atoms with Crippen molar-refractivity contribution in [3.63, 3.8) is 0 Å². The van der Waals surface area contributed by atoms with Crippen molar-refractivity contribution in [1.82, 2.24) is 5.32 Å². The quantitative estimate of drug-likeness (QED) is 0.617. The van der Waals surface area contributed by atoms with Crippen molar-refractivity contribution in [2.24, 2.45) is 4.99 Å². The van der Waals surface area contributed by atoms with E-state index >= 15 is 0 Å². The normalized spacial score (nSPS) is 17.4. The molecule has 13 heavy (non-hydrogen) atoms. The average molecular weight is 169 g/mol. The van der Waals surface area contributed by atoms with Crippen LogP contribution in [0.25, 0.3) is 0 Å². The Balaban J connectivity index is 2.21. The first-order chi connectivity index (χ1) is 6.45. The van der Waals surface area contributed by atoms with E-state index in [1.807, 2.05) is 48.6 Å². The molecule has 63 valence electrons. The van der Waals surface area contributed by atoms with Gasteiger partial charge in [-0.1, -0.05) is 24.3 Å². The van der Waals surface area contributed by atoms with Crippen molar-refractivity contribution in [2.75, 3.05) is 0 Å². The van der Waals surface area contributed by atoms with Crippen LogP contribution in [0.4, 0.5) is 5.69 Å². The number of hydrogen-bond donors (Lipinski definition) is 0. The standard InChI is InChI=1S/C11H9N2/c1-2-6-10(7-3-1)13-11-8-4-5-9-12-11/h1-9H/b13-11-. The van der Waals surface area contributed by atoms with E-state index < -0.39 is 0 Å². The molecule has 2 rings (SSSR count). The maximum atomic E-state index is 4.33. The van der Waals surface area contributed by atoms with E-state index in [-0.39, 0.29) is 0 Å². The lowest BCUT2D eigenvalue weighted by Gasteiger charge is -2.00. The van der Waals surface area contributed by atoms with Gasteiger partial charge in [-0.25, -0.2) is 10.3 Å². The van der Waals surface area contributed by atoms with E-state index in [4.69, 9.17) is 0 Å². The minimum atomic E-state index is 0.744. The van der Waals surface area contributed by atoms with E-state index in [1.165, 1.54) is 0 Å². The summed E-state index contributed by atoms with van der Waals surface area (Å²) >= 11 is 0. The van der Waals surface area contributed by atoms with Crippen LogP contribution in [0, 0.1) is 0 Å². The molecule has 0 unspecified atom stereocenters. The van der Waals surface area contributed by atoms with Gasteiger partial charge in [0.15, 0.2) is 5.84 Å². The van der Waals surface area contributed by atoms with Crippen LogP contribution in [0.2, 0.25) is 0 Å². The highest BCUT2D eigenvalue weighted by Gasteiger charge is 1.95. The number of rotatable bonds is 1. The second-order valence-corrected chi connectivity index (χ2v) is 2.64. The average Bonchev–Trinajstić information content (AvgIpc) is 2.21. The number of aliphatic imine (C=N–C) groups is 1. The van der Waals surface area contributed by atoms with Gasteiger partial charge in [0.25, 0.3) is 0 Å². The minimum absolute atomic E-state index is 0.744. The summed E-state index contributed by atoms with van der Waals surface area (Å²) in [6.45, 7) is 0. The van der Waals surface area contributed by atoms with Gasteiger partial charge in [-0.15, -0.1) is 0 Å². The highest BCUT2D eigenvalue weighted by atomic mass is 15.0. The van der Waals surface area contributed by atoms with Crippen LogP contribution in [0.3, 0.4) is 0 Å². The van der Waals surface area contributed by atoms with Crippen molar-refractivity contribution in [3.05, 3.63) is 54.8 Å². The summed E-state index contributed by atoms with van der Waals surface area (Å²) < 4.78 is 0. The Hall–Kier alpha value is -1.83. The summed E-state index contributed by atoms with van der Waals surface area (Å²) in [5.74, 6) is 0.744. The highest BCUT2D eigenvalue weighted by molar-refractivity contribution is 5.96. The number of amidine groups is 1. The second kappa shape index (κ2) is 3.72. The molecule has 1 aliphatic heterocycles. The van der Waals surface area contributed by atoms with Gasteiger partial charge < -0.3 is 0 Å². The molecule has 0 N–H and O–H groups in total. The smallest absolute Gasteiger partial charge is 0.152 e. The SMILES string of the molecule is C1=C[N]/C(=N\c2ccccc2)C=C1. The van der Waals surface area contributed by atoms with E-state index in [0.717, 1.165) is 11.5 Å². The number of nitrogens with zero attached hydrogens (tertiary/aromatic N) is 2. The third kappa shape index (κ3) is 2.06. The molecule has 1 aromatic rings. The molecule has 1 heterocycles. The summed E-state index contributed by atoms with van der Waals surface area (Å²) in [4.78, 5) is 4.33. The molecule has 0 saturated carbocycles. The Morgan fingerprint density at radius 1 is 1.00 bits per heavy atom. The number of benzene rings is 1. The number of para-hydroxylation sites is 1. The first-order valence-corrected chi connectivity index (χ1v) is 4.13. The van der Waals surface area contributed by atoms with Crippen LogP contribution >= 0.6 is 0 Å². The van der Waals surface area contributed by atoms with Gasteiger partial charge in [0, 0.05) is 6.20 Å². The van der Waals surface area contributed by atoms with Gasteiger partial charge in [0.05, 0.1) is 5.69 Å².